The average Bonchev–Trinajstić information content (AvgIpc) is 3.25. The number of aromatic nitrogens is 4. The van der Waals surface area contributed by atoms with E-state index in [9.17, 15) is 4.79 Å². The van der Waals surface area contributed by atoms with Crippen LogP contribution in [0.25, 0.3) is 16.7 Å². The summed E-state index contributed by atoms with van der Waals surface area (Å²) in [5, 5.41) is 12.6. The van der Waals surface area contributed by atoms with E-state index in [4.69, 9.17) is 11.6 Å². The summed E-state index contributed by atoms with van der Waals surface area (Å²) in [5.74, 6) is 1.48. The minimum atomic E-state index is 0.0131. The molecule has 2 N–H and O–H groups in total. The number of aryl methyl sites for hydroxylation is 1. The lowest BCUT2D eigenvalue weighted by Gasteiger charge is -2.32. The highest BCUT2D eigenvalue weighted by Gasteiger charge is 2.23. The molecule has 3 heterocycles. The van der Waals surface area contributed by atoms with Crippen LogP contribution in [-0.4, -0.2) is 56.2 Å². The number of hydrogen-bond donors (Lipinski definition) is 2. The van der Waals surface area contributed by atoms with E-state index in [1.165, 1.54) is 0 Å². The number of fused-ring (bicyclic) bond motifs is 1. The number of carbonyl (C=O) groups is 1. The van der Waals surface area contributed by atoms with E-state index < -0.39 is 0 Å². The van der Waals surface area contributed by atoms with Crippen molar-refractivity contribution in [3.63, 3.8) is 0 Å². The molecule has 8 nitrogen and oxygen atoms in total. The van der Waals surface area contributed by atoms with E-state index in [2.05, 4.69) is 30.6 Å². The largest absolute Gasteiger partial charge is 0.367 e. The van der Waals surface area contributed by atoms with Gasteiger partial charge in [-0.3, -0.25) is 9.69 Å². The van der Waals surface area contributed by atoms with E-state index >= 15 is 0 Å². The quantitative estimate of drug-likeness (QED) is 0.432. The SMILES string of the molecule is Cc1nc(NC2CCN(CC(=O)Nc3ccccc3)CC2)c2cnn(-c3cccc(Cl)c3)c2n1. The average molecular weight is 476 g/mol. The number of anilines is 2. The van der Waals surface area contributed by atoms with Crippen molar-refractivity contribution in [3.05, 3.63) is 71.6 Å². The third-order valence-corrected chi connectivity index (χ3v) is 6.18. The van der Waals surface area contributed by atoms with Crippen molar-refractivity contribution in [1.29, 1.82) is 0 Å². The Balaban J connectivity index is 1.24. The molecule has 2 aromatic heterocycles. The Morgan fingerprint density at radius 3 is 2.65 bits per heavy atom. The van der Waals surface area contributed by atoms with Gasteiger partial charge in [-0.05, 0) is 50.1 Å². The zero-order valence-electron chi connectivity index (χ0n) is 18.9. The Hall–Kier alpha value is -3.49. The minimum Gasteiger partial charge on any atom is -0.367 e. The molecule has 1 saturated heterocycles. The van der Waals surface area contributed by atoms with Crippen LogP contribution in [0.1, 0.15) is 18.7 Å². The number of nitrogens with zero attached hydrogens (tertiary/aromatic N) is 5. The topological polar surface area (TPSA) is 88.0 Å². The Morgan fingerprint density at radius 1 is 1.09 bits per heavy atom. The first-order valence-corrected chi connectivity index (χ1v) is 11.7. The summed E-state index contributed by atoms with van der Waals surface area (Å²) >= 11 is 6.17. The molecule has 9 heteroatoms. The minimum absolute atomic E-state index is 0.0131. The first kappa shape index (κ1) is 22.3. The normalized spacial score (nSPS) is 14.9. The van der Waals surface area contributed by atoms with Gasteiger partial charge in [0.2, 0.25) is 5.91 Å². The molecule has 4 aromatic rings. The molecule has 0 radical (unpaired) electrons. The van der Waals surface area contributed by atoms with Crippen molar-refractivity contribution in [3.8, 4) is 5.69 Å². The molecule has 1 aliphatic rings. The summed E-state index contributed by atoms with van der Waals surface area (Å²) in [6.07, 6.45) is 3.64. The highest BCUT2D eigenvalue weighted by Crippen LogP contribution is 2.26. The van der Waals surface area contributed by atoms with E-state index in [1.807, 2.05) is 61.5 Å². The van der Waals surface area contributed by atoms with Gasteiger partial charge >= 0.3 is 0 Å². The Morgan fingerprint density at radius 2 is 1.88 bits per heavy atom. The van der Waals surface area contributed by atoms with Gasteiger partial charge in [-0.2, -0.15) is 5.10 Å². The van der Waals surface area contributed by atoms with Crippen LogP contribution in [0, 0.1) is 6.92 Å². The number of benzene rings is 2. The van der Waals surface area contributed by atoms with Gasteiger partial charge in [-0.1, -0.05) is 35.9 Å². The predicted molar refractivity (Wildman–Crippen MR) is 135 cm³/mol. The molecule has 0 atom stereocenters. The number of likely N-dealkylation sites (tertiary alicyclic amines) is 1. The fourth-order valence-electron chi connectivity index (χ4n) is 4.28. The first-order valence-electron chi connectivity index (χ1n) is 11.4. The van der Waals surface area contributed by atoms with Crippen LogP contribution in [0.3, 0.4) is 0 Å². The second-order valence-corrected chi connectivity index (χ2v) is 8.94. The smallest absolute Gasteiger partial charge is 0.238 e. The van der Waals surface area contributed by atoms with Crippen LogP contribution in [0.4, 0.5) is 11.5 Å². The number of nitrogens with one attached hydrogen (secondary N) is 2. The van der Waals surface area contributed by atoms with Crippen LogP contribution in [0.15, 0.2) is 60.8 Å². The third-order valence-electron chi connectivity index (χ3n) is 5.95. The number of amides is 1. The molecule has 1 amide bonds. The molecular formula is C25H26ClN7O. The molecule has 0 saturated carbocycles. The lowest BCUT2D eigenvalue weighted by molar-refractivity contribution is -0.117. The fourth-order valence-corrected chi connectivity index (χ4v) is 4.46. The summed E-state index contributed by atoms with van der Waals surface area (Å²) in [6, 6.07) is 17.4. The van der Waals surface area contributed by atoms with Crippen LogP contribution >= 0.6 is 11.6 Å². The molecule has 2 aromatic carbocycles. The third kappa shape index (κ3) is 5.03. The van der Waals surface area contributed by atoms with Gasteiger partial charge in [0.15, 0.2) is 5.65 Å². The number of hydrogen-bond acceptors (Lipinski definition) is 6. The molecule has 1 fully saturated rings. The number of para-hydroxylation sites is 1. The van der Waals surface area contributed by atoms with E-state index in [0.29, 0.717) is 17.4 Å². The molecule has 5 rings (SSSR count). The van der Waals surface area contributed by atoms with E-state index in [-0.39, 0.29) is 11.9 Å². The monoisotopic (exact) mass is 475 g/mol. The Labute approximate surface area is 203 Å². The second kappa shape index (κ2) is 9.79. The molecule has 0 aliphatic carbocycles. The molecule has 0 unspecified atom stereocenters. The van der Waals surface area contributed by atoms with Gasteiger partial charge in [-0.15, -0.1) is 0 Å². The summed E-state index contributed by atoms with van der Waals surface area (Å²) in [7, 11) is 0. The van der Waals surface area contributed by atoms with Crippen molar-refractivity contribution < 1.29 is 4.79 Å². The van der Waals surface area contributed by atoms with E-state index in [0.717, 1.165) is 54.2 Å². The van der Waals surface area contributed by atoms with Crippen LogP contribution in [0.5, 0.6) is 0 Å². The van der Waals surface area contributed by atoms with Crippen LogP contribution in [-0.2, 0) is 4.79 Å². The van der Waals surface area contributed by atoms with E-state index in [1.54, 1.807) is 10.9 Å². The zero-order chi connectivity index (χ0) is 23.5. The summed E-state index contributed by atoms with van der Waals surface area (Å²) in [4.78, 5) is 23.8. The zero-order valence-corrected chi connectivity index (χ0v) is 19.7. The van der Waals surface area contributed by atoms with Gasteiger partial charge in [0, 0.05) is 29.8 Å². The van der Waals surface area contributed by atoms with Gasteiger partial charge in [0.25, 0.3) is 0 Å². The molecule has 174 valence electrons. The maximum Gasteiger partial charge on any atom is 0.238 e. The molecule has 0 bridgehead atoms. The highest BCUT2D eigenvalue weighted by atomic mass is 35.5. The molecular weight excluding hydrogens is 450 g/mol. The number of rotatable bonds is 6. The first-order chi connectivity index (χ1) is 16.5. The lowest BCUT2D eigenvalue weighted by atomic mass is 10.0. The standard InChI is InChI=1S/C25H26ClN7O/c1-17-28-24(22-15-27-33(25(22)29-17)21-9-5-6-18(26)14-21)31-20-10-12-32(13-11-20)16-23(34)30-19-7-3-2-4-8-19/h2-9,14-15,20H,10-13,16H2,1H3,(H,30,34)(H,28,29,31). The maximum absolute atomic E-state index is 12.4. The number of carbonyl (C=O) groups excluding carboxylic acids is 1. The van der Waals surface area contributed by atoms with Crippen molar-refractivity contribution in [2.75, 3.05) is 30.3 Å². The van der Waals surface area contributed by atoms with Gasteiger partial charge in [0.1, 0.15) is 11.6 Å². The predicted octanol–water partition coefficient (Wildman–Crippen LogP) is 4.29. The molecule has 1 aliphatic heterocycles. The highest BCUT2D eigenvalue weighted by molar-refractivity contribution is 6.30. The molecule has 34 heavy (non-hydrogen) atoms. The summed E-state index contributed by atoms with van der Waals surface area (Å²) in [5.41, 5.74) is 2.42. The van der Waals surface area contributed by atoms with Gasteiger partial charge in [0.05, 0.1) is 23.8 Å². The summed E-state index contributed by atoms with van der Waals surface area (Å²) in [6.45, 7) is 3.96. The second-order valence-electron chi connectivity index (χ2n) is 8.50. The lowest BCUT2D eigenvalue weighted by Crippen LogP contribution is -2.42. The van der Waals surface area contributed by atoms with Crippen molar-refractivity contribution in [2.24, 2.45) is 0 Å². The number of halogens is 1. The summed E-state index contributed by atoms with van der Waals surface area (Å²) < 4.78 is 1.79. The molecule has 0 spiro atoms. The van der Waals surface area contributed by atoms with Gasteiger partial charge in [-0.25, -0.2) is 14.6 Å². The van der Waals surface area contributed by atoms with Crippen molar-refractivity contribution >= 4 is 40.0 Å². The fraction of sp³-hybridized carbons (Fsp3) is 0.280. The number of piperidine rings is 1. The van der Waals surface area contributed by atoms with Gasteiger partial charge < -0.3 is 10.6 Å². The van der Waals surface area contributed by atoms with Crippen LogP contribution < -0.4 is 10.6 Å². The van der Waals surface area contributed by atoms with Crippen molar-refractivity contribution in [1.82, 2.24) is 24.6 Å². The Bertz CT molecular complexity index is 1300. The Kier molecular flexibility index (Phi) is 6.42. The van der Waals surface area contributed by atoms with Crippen molar-refractivity contribution in [2.45, 2.75) is 25.8 Å². The maximum atomic E-state index is 12.4. The van der Waals surface area contributed by atoms with Crippen LogP contribution in [0.2, 0.25) is 5.02 Å².